The van der Waals surface area contributed by atoms with Crippen LogP contribution in [0.4, 0.5) is 0 Å². The van der Waals surface area contributed by atoms with Crippen molar-refractivity contribution in [3.05, 3.63) is 35.9 Å². The van der Waals surface area contributed by atoms with E-state index in [1.54, 1.807) is 24.3 Å². The maximum absolute atomic E-state index is 13.7. The molecule has 5 amide bonds. The number of aliphatic hydroxyl groups excluding tert-OH is 11. The molecule has 0 aliphatic carbocycles. The molecule has 30 heteroatoms. The smallest absolute Gasteiger partial charge is 0.243 e. The number of carbonyl (C=O) groups is 5. The van der Waals surface area contributed by atoms with Crippen LogP contribution in [0, 0.1) is 0 Å². The molecule has 0 saturated carbocycles. The van der Waals surface area contributed by atoms with Crippen LogP contribution >= 0.6 is 0 Å². The van der Waals surface area contributed by atoms with Gasteiger partial charge in [0.25, 0.3) is 0 Å². The van der Waals surface area contributed by atoms with Gasteiger partial charge in [-0.15, -0.1) is 0 Å². The van der Waals surface area contributed by atoms with Gasteiger partial charge in [0, 0.05) is 32.4 Å². The van der Waals surface area contributed by atoms with Crippen molar-refractivity contribution in [3.8, 4) is 0 Å². The standard InChI is InChI=1S/C48H75N5O25/c1-21-31(58)37(64)42-48(74-21)71-15-13-50-28(55)12-11-24(52-29(56)9-5-6-10-30(57)53-43(68)23(49)17-22-7-3-2-4-8-22)44(69)51-14-16-70-46-40(67)41(78-47-39(66)35(62)32(59)25(18-54)75-47)34(61)27(77-46)20-73-45-38(65)36(63)33(60)26(76-45)19-72-42/h2-4,7-8,21,23-27,31-42,45-48,54,58-67H,5-6,9-20,49H2,1H3,(H,50,55)(H,51,69)(H,52,56)(H,53,57,68)/t21-,23-,24?,25+,26+,27+,31+,32+,33+,34+,35-,36-,37+,38-,39-,40-,41-,42-,45-,46-,47+,48+/m0/s1. The molecule has 442 valence electrons. The molecule has 5 saturated heterocycles. The Morgan fingerprint density at radius 3 is 1.99 bits per heavy atom. The Hall–Kier alpha value is -4.07. The summed E-state index contributed by atoms with van der Waals surface area (Å²) < 4.78 is 51.7. The van der Waals surface area contributed by atoms with Gasteiger partial charge in [-0.25, -0.2) is 0 Å². The molecule has 17 N–H and O–H groups in total. The van der Waals surface area contributed by atoms with Crippen molar-refractivity contribution in [2.45, 2.75) is 187 Å². The third-order valence-electron chi connectivity index (χ3n) is 13.8. The predicted molar refractivity (Wildman–Crippen MR) is 257 cm³/mol. The Morgan fingerprint density at radius 2 is 1.29 bits per heavy atom. The van der Waals surface area contributed by atoms with Gasteiger partial charge in [0.2, 0.25) is 29.5 Å². The Kier molecular flexibility index (Phi) is 24.4. The zero-order chi connectivity index (χ0) is 56.8. The topological polar surface area (TPSA) is 465 Å². The number of nitrogens with one attached hydrogen (secondary N) is 4. The highest BCUT2D eigenvalue weighted by Crippen LogP contribution is 2.32. The Bertz CT molecular complexity index is 2070. The van der Waals surface area contributed by atoms with E-state index < -0.39 is 191 Å². The molecule has 30 nitrogen and oxygen atoms in total. The van der Waals surface area contributed by atoms with Crippen LogP contribution in [-0.2, 0) is 73.0 Å². The summed E-state index contributed by atoms with van der Waals surface area (Å²) in [5, 5.41) is 129. The van der Waals surface area contributed by atoms with Crippen LogP contribution in [0.15, 0.2) is 30.3 Å². The lowest BCUT2D eigenvalue weighted by Gasteiger charge is -2.46. The number of ether oxygens (including phenoxy) is 9. The second-order valence-electron chi connectivity index (χ2n) is 19.6. The van der Waals surface area contributed by atoms with Crippen molar-refractivity contribution < 1.29 is 123 Å². The summed E-state index contributed by atoms with van der Waals surface area (Å²) in [6.07, 6.45) is -34.7. The van der Waals surface area contributed by atoms with Gasteiger partial charge in [-0.3, -0.25) is 29.3 Å². The zero-order valence-corrected chi connectivity index (χ0v) is 42.7. The highest BCUT2D eigenvalue weighted by Gasteiger charge is 2.53. The van der Waals surface area contributed by atoms with E-state index in [1.807, 2.05) is 6.07 Å². The number of fused-ring (bicyclic) bond motifs is 5. The molecular formula is C48H75N5O25. The van der Waals surface area contributed by atoms with Crippen LogP contribution < -0.4 is 27.0 Å². The van der Waals surface area contributed by atoms with Gasteiger partial charge in [0.05, 0.1) is 45.2 Å². The number of aliphatic hydroxyl groups is 11. The minimum Gasteiger partial charge on any atom is -0.394 e. The summed E-state index contributed by atoms with van der Waals surface area (Å²) in [6, 6.07) is 6.68. The van der Waals surface area contributed by atoms with Crippen molar-refractivity contribution in [3.63, 3.8) is 0 Å². The van der Waals surface area contributed by atoms with E-state index in [-0.39, 0.29) is 64.6 Å². The minimum atomic E-state index is -2.00. The van der Waals surface area contributed by atoms with Gasteiger partial charge >= 0.3 is 0 Å². The van der Waals surface area contributed by atoms with E-state index >= 15 is 0 Å². The number of amides is 5. The lowest BCUT2D eigenvalue weighted by molar-refractivity contribution is -0.366. The summed E-state index contributed by atoms with van der Waals surface area (Å²) in [7, 11) is 0. The van der Waals surface area contributed by atoms with Crippen LogP contribution in [0.5, 0.6) is 0 Å². The summed E-state index contributed by atoms with van der Waals surface area (Å²) in [5.41, 5.74) is 6.78. The van der Waals surface area contributed by atoms with E-state index in [0.717, 1.165) is 5.56 Å². The maximum atomic E-state index is 13.7. The molecule has 0 radical (unpaired) electrons. The normalized spacial score (nSPS) is 39.4. The van der Waals surface area contributed by atoms with Gasteiger partial charge in [-0.05, 0) is 38.2 Å². The van der Waals surface area contributed by atoms with E-state index in [4.69, 9.17) is 48.4 Å². The van der Waals surface area contributed by atoms with E-state index in [1.165, 1.54) is 6.92 Å². The van der Waals surface area contributed by atoms with Gasteiger partial charge in [-0.1, -0.05) is 30.3 Å². The van der Waals surface area contributed by atoms with Gasteiger partial charge < -0.3 is 120 Å². The lowest BCUT2D eigenvalue weighted by atomic mass is 9.96. The molecule has 78 heavy (non-hydrogen) atoms. The van der Waals surface area contributed by atoms with Crippen LogP contribution in [0.1, 0.15) is 51.0 Å². The number of benzene rings is 1. The monoisotopic (exact) mass is 1120 g/mol. The fourth-order valence-electron chi connectivity index (χ4n) is 9.14. The van der Waals surface area contributed by atoms with Gasteiger partial charge in [-0.2, -0.15) is 0 Å². The molecule has 22 atom stereocenters. The summed E-state index contributed by atoms with van der Waals surface area (Å²) in [6.45, 7) is -2.02. The van der Waals surface area contributed by atoms with Crippen LogP contribution in [-0.4, -0.2) is 267 Å². The molecule has 5 aliphatic heterocycles. The second kappa shape index (κ2) is 30.1. The number of carbonyl (C=O) groups excluding carboxylic acids is 5. The largest absolute Gasteiger partial charge is 0.394 e. The molecule has 6 rings (SSSR count). The van der Waals surface area contributed by atoms with E-state index in [9.17, 15) is 80.1 Å². The first-order valence-electron chi connectivity index (χ1n) is 25.8. The zero-order valence-electron chi connectivity index (χ0n) is 42.7. The SMILES string of the molecule is C[C@@H]1O[C@H]2OCCNC(=O)CCC(NC(=O)CCCCC(=O)NC(=O)[C@@H](N)Cc3ccccc3)C(=O)NCCO[C@H]3O[C@H](CO[C@H]4O[C@H](CO[C@H]2[C@H](O)[C@@H]1O)[C@@H](O)[C@H](O)[C@@H]4O)[C@@H](O)[C@H](O[C@H]1O[C@H](CO)[C@@H](O)[C@H](O)[C@@H]1O)[C@@H]3O. The van der Waals surface area contributed by atoms with Crippen LogP contribution in [0.3, 0.4) is 0 Å². The van der Waals surface area contributed by atoms with Crippen molar-refractivity contribution in [2.75, 3.05) is 46.1 Å². The predicted octanol–water partition coefficient (Wildman–Crippen LogP) is -8.39. The Labute approximate surface area is 447 Å². The van der Waals surface area contributed by atoms with Crippen molar-refractivity contribution in [2.24, 2.45) is 5.73 Å². The van der Waals surface area contributed by atoms with Gasteiger partial charge in [0.1, 0.15) is 97.6 Å². The molecule has 0 aromatic heterocycles. The average Bonchev–Trinajstić information content (AvgIpc) is 3.43. The van der Waals surface area contributed by atoms with E-state index in [0.29, 0.717) is 0 Å². The minimum absolute atomic E-state index is 0.119. The van der Waals surface area contributed by atoms with Crippen LogP contribution in [0.25, 0.3) is 0 Å². The highest BCUT2D eigenvalue weighted by molar-refractivity contribution is 5.97. The van der Waals surface area contributed by atoms with Crippen molar-refractivity contribution in [1.82, 2.24) is 21.3 Å². The molecule has 4 bridgehead atoms. The Balaban J connectivity index is 1.14. The molecule has 0 spiro atoms. The quantitative estimate of drug-likeness (QED) is 0.0864. The third-order valence-corrected chi connectivity index (χ3v) is 13.8. The maximum Gasteiger partial charge on any atom is 0.243 e. The lowest BCUT2D eigenvalue weighted by Crippen LogP contribution is -2.65. The molecule has 5 heterocycles. The fraction of sp³-hybridized carbons (Fsp3) is 0.771. The first kappa shape index (κ1) is 63.1. The number of hydrogen-bond acceptors (Lipinski definition) is 26. The van der Waals surface area contributed by atoms with E-state index in [2.05, 4.69) is 21.3 Å². The third kappa shape index (κ3) is 17.0. The highest BCUT2D eigenvalue weighted by atomic mass is 16.8. The molecule has 5 aliphatic rings. The average molecular weight is 1120 g/mol. The molecule has 1 aromatic rings. The Morgan fingerprint density at radius 1 is 0.679 bits per heavy atom. The fourth-order valence-corrected chi connectivity index (χ4v) is 9.14. The van der Waals surface area contributed by atoms with Crippen molar-refractivity contribution >= 4 is 29.5 Å². The first-order valence-corrected chi connectivity index (χ1v) is 25.8. The first-order chi connectivity index (χ1) is 37.2. The summed E-state index contributed by atoms with van der Waals surface area (Å²) in [5.74, 6) is -3.27. The van der Waals surface area contributed by atoms with Gasteiger partial charge in [0.15, 0.2) is 25.2 Å². The molecule has 5 fully saturated rings. The summed E-state index contributed by atoms with van der Waals surface area (Å²) >= 11 is 0. The molecule has 1 unspecified atom stereocenters. The second-order valence-corrected chi connectivity index (χ2v) is 19.6. The number of unbranched alkanes of at least 4 members (excludes halogenated alkanes) is 1. The number of hydrogen-bond donors (Lipinski definition) is 16. The van der Waals surface area contributed by atoms with Crippen molar-refractivity contribution in [1.29, 1.82) is 0 Å². The number of imide groups is 1. The summed E-state index contributed by atoms with van der Waals surface area (Å²) in [4.78, 5) is 65.0. The molecular weight excluding hydrogens is 1050 g/mol. The number of nitrogens with two attached hydrogens (primary N) is 1. The molecule has 1 aromatic carbocycles. The van der Waals surface area contributed by atoms with Crippen LogP contribution in [0.2, 0.25) is 0 Å². The number of rotatable bonds is 12.